The van der Waals surface area contributed by atoms with Crippen LogP contribution in [0.2, 0.25) is 5.02 Å². The van der Waals surface area contributed by atoms with Crippen LogP contribution in [-0.2, 0) is 6.42 Å². The molecule has 0 aliphatic rings. The number of ketones is 1. The number of carbonyl (C=O) groups excluding carboxylic acids is 1. The Morgan fingerprint density at radius 3 is 2.71 bits per heavy atom. The minimum atomic E-state index is -0.223. The van der Waals surface area contributed by atoms with Crippen LogP contribution in [0.25, 0.3) is 0 Å². The Hall–Kier alpha value is -1.74. The monoisotopic (exact) mass is 249 g/mol. The lowest BCUT2D eigenvalue weighted by atomic mass is 10.1. The van der Waals surface area contributed by atoms with Crippen LogP contribution in [0.5, 0.6) is 0 Å². The topological polar surface area (TPSA) is 56.2 Å². The molecule has 0 bridgehead atoms. The standard InChI is InChI=1S/C13H12ClNO2/c1-2-9-4-6-12(17-9)13(16)10-5-3-8(14)7-11(10)15/h3-7H,2,15H2,1H3. The summed E-state index contributed by atoms with van der Waals surface area (Å²) in [6.45, 7) is 1.96. The maximum absolute atomic E-state index is 12.1. The number of aryl methyl sites for hydroxylation is 1. The van der Waals surface area contributed by atoms with Crippen molar-refractivity contribution in [3.63, 3.8) is 0 Å². The van der Waals surface area contributed by atoms with Gasteiger partial charge in [0.15, 0.2) is 5.76 Å². The molecule has 2 rings (SSSR count). The maximum atomic E-state index is 12.1. The van der Waals surface area contributed by atoms with Crippen molar-refractivity contribution in [3.05, 3.63) is 52.4 Å². The third-order valence-electron chi connectivity index (χ3n) is 2.49. The third kappa shape index (κ3) is 2.34. The number of halogens is 1. The Morgan fingerprint density at radius 2 is 2.12 bits per heavy atom. The molecule has 2 aromatic rings. The van der Waals surface area contributed by atoms with Crippen LogP contribution < -0.4 is 5.73 Å². The van der Waals surface area contributed by atoms with E-state index in [0.29, 0.717) is 22.0 Å². The van der Waals surface area contributed by atoms with Gasteiger partial charge < -0.3 is 10.2 Å². The fraction of sp³-hybridized carbons (Fsp3) is 0.154. The fourth-order valence-electron chi connectivity index (χ4n) is 1.56. The molecule has 3 nitrogen and oxygen atoms in total. The van der Waals surface area contributed by atoms with Crippen LogP contribution in [-0.4, -0.2) is 5.78 Å². The molecule has 0 saturated heterocycles. The number of anilines is 1. The van der Waals surface area contributed by atoms with Gasteiger partial charge in [-0.05, 0) is 30.3 Å². The molecule has 1 aromatic carbocycles. The summed E-state index contributed by atoms with van der Waals surface area (Å²) < 4.78 is 5.40. The van der Waals surface area contributed by atoms with Crippen LogP contribution in [0, 0.1) is 0 Å². The first-order valence-electron chi connectivity index (χ1n) is 5.30. The van der Waals surface area contributed by atoms with Crippen molar-refractivity contribution in [2.75, 3.05) is 5.73 Å². The van der Waals surface area contributed by atoms with Crippen molar-refractivity contribution in [1.29, 1.82) is 0 Å². The average molecular weight is 250 g/mol. The first-order chi connectivity index (χ1) is 8.11. The minimum absolute atomic E-state index is 0.223. The summed E-state index contributed by atoms with van der Waals surface area (Å²) in [4.78, 5) is 12.1. The number of carbonyl (C=O) groups is 1. The van der Waals surface area contributed by atoms with E-state index in [1.807, 2.05) is 6.92 Å². The average Bonchev–Trinajstić information content (AvgIpc) is 2.76. The number of furan rings is 1. The molecule has 0 saturated carbocycles. The molecular weight excluding hydrogens is 238 g/mol. The summed E-state index contributed by atoms with van der Waals surface area (Å²) in [5.41, 5.74) is 6.52. The van der Waals surface area contributed by atoms with E-state index < -0.39 is 0 Å². The third-order valence-corrected chi connectivity index (χ3v) is 2.73. The summed E-state index contributed by atoms with van der Waals surface area (Å²) >= 11 is 5.78. The van der Waals surface area contributed by atoms with Crippen LogP contribution in [0.4, 0.5) is 5.69 Å². The smallest absolute Gasteiger partial charge is 0.230 e. The number of rotatable bonds is 3. The van der Waals surface area contributed by atoms with E-state index in [0.717, 1.165) is 12.2 Å². The number of hydrogen-bond acceptors (Lipinski definition) is 3. The van der Waals surface area contributed by atoms with Crippen LogP contribution >= 0.6 is 11.6 Å². The second-order valence-corrected chi connectivity index (χ2v) is 4.12. The Balaban J connectivity index is 2.36. The zero-order valence-corrected chi connectivity index (χ0v) is 10.1. The molecule has 0 aliphatic heterocycles. The predicted octanol–water partition coefficient (Wildman–Crippen LogP) is 3.31. The van der Waals surface area contributed by atoms with Crippen molar-refractivity contribution < 1.29 is 9.21 Å². The van der Waals surface area contributed by atoms with E-state index in [9.17, 15) is 4.79 Å². The molecule has 17 heavy (non-hydrogen) atoms. The zero-order valence-electron chi connectivity index (χ0n) is 9.37. The van der Waals surface area contributed by atoms with Crippen molar-refractivity contribution in [1.82, 2.24) is 0 Å². The van der Waals surface area contributed by atoms with Crippen LogP contribution in [0.3, 0.4) is 0 Å². The minimum Gasteiger partial charge on any atom is -0.458 e. The maximum Gasteiger partial charge on any atom is 0.230 e. The molecule has 0 aliphatic carbocycles. The van der Waals surface area contributed by atoms with E-state index in [1.54, 1.807) is 30.3 Å². The largest absolute Gasteiger partial charge is 0.458 e. The number of nitrogens with two attached hydrogens (primary N) is 1. The van der Waals surface area contributed by atoms with Gasteiger partial charge in [-0.3, -0.25) is 4.79 Å². The van der Waals surface area contributed by atoms with Crippen molar-refractivity contribution >= 4 is 23.1 Å². The summed E-state index contributed by atoms with van der Waals surface area (Å²) in [5, 5.41) is 0.507. The lowest BCUT2D eigenvalue weighted by Gasteiger charge is -2.03. The molecule has 1 heterocycles. The first-order valence-corrected chi connectivity index (χ1v) is 5.68. The Bertz CT molecular complexity index is 560. The predicted molar refractivity (Wildman–Crippen MR) is 67.4 cm³/mol. The molecular formula is C13H12ClNO2. The van der Waals surface area contributed by atoms with Crippen LogP contribution in [0.1, 0.15) is 28.8 Å². The van der Waals surface area contributed by atoms with Gasteiger partial charge >= 0.3 is 0 Å². The normalized spacial score (nSPS) is 10.5. The highest BCUT2D eigenvalue weighted by Crippen LogP contribution is 2.22. The molecule has 0 fully saturated rings. The van der Waals surface area contributed by atoms with E-state index in [2.05, 4.69) is 0 Å². The highest BCUT2D eigenvalue weighted by molar-refractivity contribution is 6.31. The molecule has 2 N–H and O–H groups in total. The van der Waals surface area contributed by atoms with E-state index >= 15 is 0 Å². The molecule has 0 atom stereocenters. The Morgan fingerprint density at radius 1 is 1.35 bits per heavy atom. The number of nitrogen functional groups attached to an aromatic ring is 1. The second-order valence-electron chi connectivity index (χ2n) is 3.68. The van der Waals surface area contributed by atoms with E-state index in [4.69, 9.17) is 21.8 Å². The van der Waals surface area contributed by atoms with Crippen LogP contribution in [0.15, 0.2) is 34.7 Å². The zero-order chi connectivity index (χ0) is 12.4. The molecule has 4 heteroatoms. The molecule has 88 valence electrons. The van der Waals surface area contributed by atoms with Gasteiger partial charge in [0.2, 0.25) is 5.78 Å². The summed E-state index contributed by atoms with van der Waals surface area (Å²) in [5.74, 6) is 0.857. The first kappa shape index (κ1) is 11.7. The van der Waals surface area contributed by atoms with Gasteiger partial charge in [-0.25, -0.2) is 0 Å². The number of benzene rings is 1. The summed E-state index contributed by atoms with van der Waals surface area (Å²) in [6, 6.07) is 8.25. The van der Waals surface area contributed by atoms with Crippen molar-refractivity contribution in [2.45, 2.75) is 13.3 Å². The molecule has 1 aromatic heterocycles. The quantitative estimate of drug-likeness (QED) is 0.671. The highest BCUT2D eigenvalue weighted by Gasteiger charge is 2.16. The van der Waals surface area contributed by atoms with E-state index in [1.165, 1.54) is 0 Å². The molecule has 0 amide bonds. The van der Waals surface area contributed by atoms with Gasteiger partial charge in [-0.1, -0.05) is 18.5 Å². The van der Waals surface area contributed by atoms with E-state index in [-0.39, 0.29) is 5.78 Å². The van der Waals surface area contributed by atoms with Gasteiger partial charge in [0.05, 0.1) is 0 Å². The van der Waals surface area contributed by atoms with Gasteiger partial charge in [0.25, 0.3) is 0 Å². The summed E-state index contributed by atoms with van der Waals surface area (Å²) in [7, 11) is 0. The SMILES string of the molecule is CCc1ccc(C(=O)c2ccc(Cl)cc2N)o1. The second kappa shape index (κ2) is 4.63. The van der Waals surface area contributed by atoms with Crippen molar-refractivity contribution in [3.8, 4) is 0 Å². The molecule has 0 spiro atoms. The van der Waals surface area contributed by atoms with Gasteiger partial charge in [-0.15, -0.1) is 0 Å². The lowest BCUT2D eigenvalue weighted by Crippen LogP contribution is -2.04. The van der Waals surface area contributed by atoms with Crippen molar-refractivity contribution in [2.24, 2.45) is 0 Å². The summed E-state index contributed by atoms with van der Waals surface area (Å²) in [6.07, 6.45) is 0.753. The fourth-order valence-corrected chi connectivity index (χ4v) is 1.74. The number of hydrogen-bond donors (Lipinski definition) is 1. The Labute approximate surface area is 104 Å². The highest BCUT2D eigenvalue weighted by atomic mass is 35.5. The Kier molecular flexibility index (Phi) is 3.20. The molecule has 0 radical (unpaired) electrons. The lowest BCUT2D eigenvalue weighted by molar-refractivity contribution is 0.101. The van der Waals surface area contributed by atoms with Gasteiger partial charge in [0, 0.05) is 22.7 Å². The van der Waals surface area contributed by atoms with Gasteiger partial charge in [0.1, 0.15) is 5.76 Å². The van der Waals surface area contributed by atoms with Gasteiger partial charge in [-0.2, -0.15) is 0 Å². The molecule has 0 unspecified atom stereocenters.